The second-order valence-electron chi connectivity index (χ2n) is 5.29. The van der Waals surface area contributed by atoms with Gasteiger partial charge in [0.05, 0.1) is 5.69 Å². The molecule has 4 heteroatoms. The lowest BCUT2D eigenvalue weighted by Crippen LogP contribution is -2.23. The van der Waals surface area contributed by atoms with E-state index < -0.39 is 0 Å². The number of benzene rings is 1. The Balaban J connectivity index is 1.86. The minimum atomic E-state index is 0.514. The fourth-order valence-electron chi connectivity index (χ4n) is 2.84. The Labute approximate surface area is 135 Å². The van der Waals surface area contributed by atoms with E-state index >= 15 is 0 Å². The molecule has 0 fully saturated rings. The van der Waals surface area contributed by atoms with Crippen molar-refractivity contribution in [1.29, 1.82) is 0 Å². The van der Waals surface area contributed by atoms with Gasteiger partial charge in [0.1, 0.15) is 5.01 Å². The molecule has 0 aliphatic heterocycles. The van der Waals surface area contributed by atoms with E-state index in [4.69, 9.17) is 4.98 Å². The number of hydrogen-bond acceptors (Lipinski definition) is 4. The van der Waals surface area contributed by atoms with E-state index in [1.807, 2.05) is 23.1 Å². The van der Waals surface area contributed by atoms with Gasteiger partial charge in [-0.3, -0.25) is 0 Å². The molecule has 0 spiro atoms. The number of nitrogens with one attached hydrogen (secondary N) is 1. The first-order chi connectivity index (χ1) is 10.3. The van der Waals surface area contributed by atoms with Crippen molar-refractivity contribution in [2.24, 2.45) is 0 Å². The van der Waals surface area contributed by atoms with Gasteiger partial charge < -0.3 is 5.32 Å². The molecule has 2 aromatic rings. The van der Waals surface area contributed by atoms with Crippen molar-refractivity contribution in [3.05, 3.63) is 34.8 Å². The molecule has 0 saturated carbocycles. The molecule has 1 aliphatic rings. The first-order valence-corrected chi connectivity index (χ1v) is 9.58. The van der Waals surface area contributed by atoms with Gasteiger partial charge in [-0.1, -0.05) is 26.0 Å². The molecule has 0 amide bonds. The highest BCUT2D eigenvalue weighted by Crippen LogP contribution is 2.38. The standard InChI is InChI=1S/C17H22N2S2/c1-3-18-14-6-5-7-15-16(14)21-17(19-15)12-8-10-13(11-9-12)20-4-2/h8-11,14,18H,3-7H2,1-2H3. The SMILES string of the molecule is CCNC1CCCc2nc(-c3ccc(SCC)cc3)sc21. The predicted octanol–water partition coefficient (Wildman–Crippen LogP) is 4.91. The van der Waals surface area contributed by atoms with Crippen LogP contribution in [0.15, 0.2) is 29.2 Å². The number of nitrogens with zero attached hydrogens (tertiary/aromatic N) is 1. The molecule has 3 rings (SSSR count). The number of thiazole rings is 1. The Kier molecular flexibility index (Phi) is 4.99. The fraction of sp³-hybridized carbons (Fsp3) is 0.471. The largest absolute Gasteiger partial charge is 0.309 e. The van der Waals surface area contributed by atoms with Crippen LogP contribution < -0.4 is 5.32 Å². The summed E-state index contributed by atoms with van der Waals surface area (Å²) < 4.78 is 0. The van der Waals surface area contributed by atoms with Gasteiger partial charge >= 0.3 is 0 Å². The number of fused-ring (bicyclic) bond motifs is 1. The van der Waals surface area contributed by atoms with Gasteiger partial charge in [0.15, 0.2) is 0 Å². The minimum Gasteiger partial charge on any atom is -0.309 e. The van der Waals surface area contributed by atoms with Gasteiger partial charge in [0.25, 0.3) is 0 Å². The molecule has 1 aromatic carbocycles. The molecule has 1 atom stereocenters. The van der Waals surface area contributed by atoms with Gasteiger partial charge in [0.2, 0.25) is 0 Å². The third-order valence-corrected chi connectivity index (χ3v) is 5.97. The van der Waals surface area contributed by atoms with Crippen molar-refractivity contribution >= 4 is 23.1 Å². The summed E-state index contributed by atoms with van der Waals surface area (Å²) in [6.45, 7) is 5.40. The molecule has 112 valence electrons. The first-order valence-electron chi connectivity index (χ1n) is 7.78. The summed E-state index contributed by atoms with van der Waals surface area (Å²) in [6.07, 6.45) is 3.63. The van der Waals surface area contributed by atoms with Crippen molar-refractivity contribution in [2.75, 3.05) is 12.3 Å². The highest BCUT2D eigenvalue weighted by Gasteiger charge is 2.24. The fourth-order valence-corrected chi connectivity index (χ4v) is 4.73. The molecule has 21 heavy (non-hydrogen) atoms. The van der Waals surface area contributed by atoms with Crippen LogP contribution in [-0.4, -0.2) is 17.3 Å². The Bertz CT molecular complexity index is 589. The maximum Gasteiger partial charge on any atom is 0.123 e. The Morgan fingerprint density at radius 3 is 2.81 bits per heavy atom. The van der Waals surface area contributed by atoms with Crippen LogP contribution in [0.4, 0.5) is 0 Å². The number of rotatable bonds is 5. The van der Waals surface area contributed by atoms with Gasteiger partial charge in [-0.25, -0.2) is 4.98 Å². The van der Waals surface area contributed by atoms with E-state index in [1.165, 1.54) is 38.9 Å². The maximum absolute atomic E-state index is 4.90. The summed E-state index contributed by atoms with van der Waals surface area (Å²) >= 11 is 3.76. The average molecular weight is 319 g/mol. The smallest absolute Gasteiger partial charge is 0.123 e. The van der Waals surface area contributed by atoms with Crippen molar-refractivity contribution < 1.29 is 0 Å². The van der Waals surface area contributed by atoms with E-state index in [0.29, 0.717) is 6.04 Å². The molecule has 1 heterocycles. The second kappa shape index (κ2) is 6.95. The highest BCUT2D eigenvalue weighted by molar-refractivity contribution is 7.99. The van der Waals surface area contributed by atoms with E-state index in [0.717, 1.165) is 18.7 Å². The van der Waals surface area contributed by atoms with Crippen LogP contribution in [0.1, 0.15) is 43.3 Å². The van der Waals surface area contributed by atoms with Crippen LogP contribution in [0.25, 0.3) is 10.6 Å². The lowest BCUT2D eigenvalue weighted by atomic mass is 9.98. The lowest BCUT2D eigenvalue weighted by molar-refractivity contribution is 0.476. The summed E-state index contributed by atoms with van der Waals surface area (Å²) in [4.78, 5) is 7.70. The molecule has 1 aliphatic carbocycles. The van der Waals surface area contributed by atoms with Gasteiger partial charge in [-0.2, -0.15) is 0 Å². The highest BCUT2D eigenvalue weighted by atomic mass is 32.2. The molecule has 1 N–H and O–H groups in total. The monoisotopic (exact) mass is 318 g/mol. The molecular formula is C17H22N2S2. The number of thioether (sulfide) groups is 1. The van der Waals surface area contributed by atoms with E-state index in [1.54, 1.807) is 0 Å². The second-order valence-corrected chi connectivity index (χ2v) is 7.66. The predicted molar refractivity (Wildman–Crippen MR) is 93.3 cm³/mol. The lowest BCUT2D eigenvalue weighted by Gasteiger charge is -2.21. The number of aryl methyl sites for hydroxylation is 1. The Hall–Kier alpha value is -0.840. The van der Waals surface area contributed by atoms with Crippen LogP contribution in [-0.2, 0) is 6.42 Å². The van der Waals surface area contributed by atoms with Crippen molar-refractivity contribution in [3.8, 4) is 10.6 Å². The summed E-state index contributed by atoms with van der Waals surface area (Å²) in [7, 11) is 0. The summed E-state index contributed by atoms with van der Waals surface area (Å²) in [6, 6.07) is 9.37. The normalized spacial score (nSPS) is 17.7. The quantitative estimate of drug-likeness (QED) is 0.793. The zero-order valence-corrected chi connectivity index (χ0v) is 14.3. The molecule has 0 bridgehead atoms. The first kappa shape index (κ1) is 15.1. The van der Waals surface area contributed by atoms with Crippen LogP contribution in [0, 0.1) is 0 Å². The minimum absolute atomic E-state index is 0.514. The summed E-state index contributed by atoms with van der Waals surface area (Å²) in [5, 5.41) is 4.78. The molecule has 0 radical (unpaired) electrons. The summed E-state index contributed by atoms with van der Waals surface area (Å²) in [5.41, 5.74) is 2.57. The molecule has 1 aromatic heterocycles. The van der Waals surface area contributed by atoms with Gasteiger partial charge in [-0.15, -0.1) is 23.1 Å². The van der Waals surface area contributed by atoms with E-state index in [2.05, 4.69) is 43.4 Å². The molecular weight excluding hydrogens is 296 g/mol. The van der Waals surface area contributed by atoms with Gasteiger partial charge in [0, 0.05) is 21.4 Å². The summed E-state index contributed by atoms with van der Waals surface area (Å²) in [5.74, 6) is 1.12. The van der Waals surface area contributed by atoms with Crippen molar-refractivity contribution in [1.82, 2.24) is 10.3 Å². The van der Waals surface area contributed by atoms with Crippen molar-refractivity contribution in [2.45, 2.75) is 44.0 Å². The zero-order chi connectivity index (χ0) is 14.7. The number of aromatic nitrogens is 1. The molecule has 1 unspecified atom stereocenters. The number of hydrogen-bond donors (Lipinski definition) is 1. The average Bonchev–Trinajstić information content (AvgIpc) is 2.94. The van der Waals surface area contributed by atoms with Crippen LogP contribution >= 0.6 is 23.1 Å². The van der Waals surface area contributed by atoms with Crippen LogP contribution in [0.3, 0.4) is 0 Å². The van der Waals surface area contributed by atoms with E-state index in [9.17, 15) is 0 Å². The molecule has 2 nitrogen and oxygen atoms in total. The van der Waals surface area contributed by atoms with Crippen LogP contribution in [0.2, 0.25) is 0 Å². The van der Waals surface area contributed by atoms with E-state index in [-0.39, 0.29) is 0 Å². The topological polar surface area (TPSA) is 24.9 Å². The van der Waals surface area contributed by atoms with Gasteiger partial charge in [-0.05, 0) is 43.7 Å². The third-order valence-electron chi connectivity index (χ3n) is 3.81. The molecule has 0 saturated heterocycles. The Morgan fingerprint density at radius 1 is 1.29 bits per heavy atom. The van der Waals surface area contributed by atoms with Crippen molar-refractivity contribution in [3.63, 3.8) is 0 Å². The zero-order valence-electron chi connectivity index (χ0n) is 12.7. The third kappa shape index (κ3) is 3.33. The van der Waals surface area contributed by atoms with Crippen LogP contribution in [0.5, 0.6) is 0 Å². The maximum atomic E-state index is 4.90. The Morgan fingerprint density at radius 2 is 2.10 bits per heavy atom.